The van der Waals surface area contributed by atoms with Crippen molar-refractivity contribution in [3.8, 4) is 5.75 Å². The molecule has 0 unspecified atom stereocenters. The van der Waals surface area contributed by atoms with Crippen LogP contribution in [0.15, 0.2) is 18.2 Å². The van der Waals surface area contributed by atoms with Crippen LogP contribution in [0.2, 0.25) is 0 Å². The maximum atomic E-state index is 12.3. The topological polar surface area (TPSA) is 49.3 Å². The summed E-state index contributed by atoms with van der Waals surface area (Å²) in [6, 6.07) is 2.43. The van der Waals surface area contributed by atoms with Gasteiger partial charge in [0.2, 0.25) is 5.91 Å². The van der Waals surface area contributed by atoms with Crippen molar-refractivity contribution >= 4 is 11.6 Å². The van der Waals surface area contributed by atoms with Gasteiger partial charge in [-0.25, -0.2) is 0 Å². The quantitative estimate of drug-likeness (QED) is 0.806. The van der Waals surface area contributed by atoms with Crippen LogP contribution >= 0.6 is 0 Å². The number of rotatable bonds is 3. The van der Waals surface area contributed by atoms with Crippen LogP contribution in [0.25, 0.3) is 0 Å². The molecule has 0 saturated carbocycles. The maximum Gasteiger partial charge on any atom is 0.416 e. The largest absolute Gasteiger partial charge is 0.506 e. The molecular weight excluding hydrogens is 235 g/mol. The summed E-state index contributed by atoms with van der Waals surface area (Å²) in [5.74, 6) is -0.938. The summed E-state index contributed by atoms with van der Waals surface area (Å²) in [6.45, 7) is 1.80. The van der Waals surface area contributed by atoms with Crippen molar-refractivity contribution in [2.75, 3.05) is 5.32 Å². The van der Waals surface area contributed by atoms with E-state index in [1.807, 2.05) is 0 Å². The van der Waals surface area contributed by atoms with Gasteiger partial charge in [-0.15, -0.1) is 0 Å². The van der Waals surface area contributed by atoms with E-state index in [9.17, 15) is 23.1 Å². The SMILES string of the molecule is CCCC(=O)Nc1ccc(C(F)(F)F)cc1O. The molecule has 3 nitrogen and oxygen atoms in total. The van der Waals surface area contributed by atoms with Crippen LogP contribution in [-0.2, 0) is 11.0 Å². The third kappa shape index (κ3) is 3.65. The number of anilines is 1. The first-order valence-electron chi connectivity index (χ1n) is 5.04. The molecule has 0 spiro atoms. The van der Waals surface area contributed by atoms with Gasteiger partial charge < -0.3 is 10.4 Å². The molecule has 1 amide bonds. The van der Waals surface area contributed by atoms with Crippen LogP contribution < -0.4 is 5.32 Å². The van der Waals surface area contributed by atoms with Crippen LogP contribution in [0.5, 0.6) is 5.75 Å². The van der Waals surface area contributed by atoms with Crippen molar-refractivity contribution in [2.45, 2.75) is 25.9 Å². The van der Waals surface area contributed by atoms with Crippen molar-refractivity contribution in [1.29, 1.82) is 0 Å². The summed E-state index contributed by atoms with van der Waals surface area (Å²) in [4.78, 5) is 11.2. The number of benzene rings is 1. The van der Waals surface area contributed by atoms with E-state index in [1.165, 1.54) is 0 Å². The Hall–Kier alpha value is -1.72. The number of nitrogens with one attached hydrogen (secondary N) is 1. The Labute approximate surface area is 96.3 Å². The highest BCUT2D eigenvalue weighted by Gasteiger charge is 2.31. The molecule has 1 rings (SSSR count). The van der Waals surface area contributed by atoms with Crippen LogP contribution in [0.3, 0.4) is 0 Å². The molecule has 94 valence electrons. The molecule has 0 saturated heterocycles. The molecule has 0 heterocycles. The average Bonchev–Trinajstić information content (AvgIpc) is 2.20. The zero-order valence-corrected chi connectivity index (χ0v) is 9.14. The Balaban J connectivity index is 2.87. The predicted molar refractivity (Wildman–Crippen MR) is 56.6 cm³/mol. The number of carbonyl (C=O) groups is 1. The van der Waals surface area contributed by atoms with Gasteiger partial charge in [-0.1, -0.05) is 6.92 Å². The summed E-state index contributed by atoms with van der Waals surface area (Å²) < 4.78 is 36.9. The molecule has 0 atom stereocenters. The summed E-state index contributed by atoms with van der Waals surface area (Å²) in [5.41, 5.74) is -0.972. The molecule has 6 heteroatoms. The third-order valence-corrected chi connectivity index (χ3v) is 2.08. The maximum absolute atomic E-state index is 12.3. The van der Waals surface area contributed by atoms with E-state index >= 15 is 0 Å². The Morgan fingerprint density at radius 2 is 2.06 bits per heavy atom. The second-order valence-electron chi connectivity index (χ2n) is 3.53. The second kappa shape index (κ2) is 5.07. The standard InChI is InChI=1S/C11H12F3NO2/c1-2-3-10(17)15-8-5-4-7(6-9(8)16)11(12,13)14/h4-6,16H,2-3H2,1H3,(H,15,17). The first-order valence-corrected chi connectivity index (χ1v) is 5.04. The number of halogens is 3. The fourth-order valence-electron chi connectivity index (χ4n) is 1.25. The predicted octanol–water partition coefficient (Wildman–Crippen LogP) is 3.15. The lowest BCUT2D eigenvalue weighted by atomic mass is 10.1. The molecule has 1 aromatic carbocycles. The summed E-state index contributed by atoms with van der Waals surface area (Å²) in [5, 5.41) is 11.7. The molecule has 0 fully saturated rings. The van der Waals surface area contributed by atoms with Gasteiger partial charge >= 0.3 is 6.18 Å². The Bertz CT molecular complexity index is 416. The van der Waals surface area contributed by atoms with Gasteiger partial charge in [0.05, 0.1) is 11.3 Å². The van der Waals surface area contributed by atoms with Crippen molar-refractivity contribution in [3.05, 3.63) is 23.8 Å². The highest BCUT2D eigenvalue weighted by Crippen LogP contribution is 2.34. The van der Waals surface area contributed by atoms with E-state index in [0.717, 1.165) is 12.1 Å². The van der Waals surface area contributed by atoms with Gasteiger partial charge in [0.15, 0.2) is 0 Å². The van der Waals surface area contributed by atoms with Crippen LogP contribution in [-0.4, -0.2) is 11.0 Å². The summed E-state index contributed by atoms with van der Waals surface area (Å²) >= 11 is 0. The Kier molecular flexibility index (Phi) is 3.98. The van der Waals surface area contributed by atoms with Crippen LogP contribution in [0.1, 0.15) is 25.3 Å². The molecular formula is C11H12F3NO2. The van der Waals surface area contributed by atoms with E-state index < -0.39 is 17.5 Å². The molecule has 0 aliphatic rings. The lowest BCUT2D eigenvalue weighted by Gasteiger charge is -2.10. The zero-order chi connectivity index (χ0) is 13.1. The monoisotopic (exact) mass is 247 g/mol. The first kappa shape index (κ1) is 13.3. The number of aromatic hydroxyl groups is 1. The molecule has 0 bridgehead atoms. The number of carbonyl (C=O) groups excluding carboxylic acids is 1. The number of hydrogen-bond donors (Lipinski definition) is 2. The number of hydrogen-bond acceptors (Lipinski definition) is 2. The fraction of sp³-hybridized carbons (Fsp3) is 0.364. The summed E-state index contributed by atoms with van der Waals surface area (Å²) in [7, 11) is 0. The average molecular weight is 247 g/mol. The molecule has 17 heavy (non-hydrogen) atoms. The normalized spacial score (nSPS) is 11.3. The second-order valence-corrected chi connectivity index (χ2v) is 3.53. The van der Waals surface area contributed by atoms with Crippen molar-refractivity contribution < 1.29 is 23.1 Å². The van der Waals surface area contributed by atoms with Crippen molar-refractivity contribution in [1.82, 2.24) is 0 Å². The third-order valence-electron chi connectivity index (χ3n) is 2.08. The van der Waals surface area contributed by atoms with Gasteiger partial charge in [-0.3, -0.25) is 4.79 Å². The van der Waals surface area contributed by atoms with E-state index in [-0.39, 0.29) is 18.0 Å². The van der Waals surface area contributed by atoms with Gasteiger partial charge in [-0.2, -0.15) is 13.2 Å². The minimum Gasteiger partial charge on any atom is -0.506 e. The fourth-order valence-corrected chi connectivity index (χ4v) is 1.25. The van der Waals surface area contributed by atoms with E-state index in [4.69, 9.17) is 0 Å². The minimum absolute atomic E-state index is 0.0172. The molecule has 1 aromatic rings. The summed E-state index contributed by atoms with van der Waals surface area (Å²) in [6.07, 6.45) is -3.64. The number of phenolic OH excluding ortho intramolecular Hbond substituents is 1. The van der Waals surface area contributed by atoms with E-state index in [1.54, 1.807) is 6.92 Å². The van der Waals surface area contributed by atoms with Gasteiger partial charge in [0.1, 0.15) is 5.75 Å². The first-order chi connectivity index (χ1) is 7.84. The molecule has 0 aromatic heterocycles. The molecule has 0 radical (unpaired) electrons. The van der Waals surface area contributed by atoms with E-state index in [2.05, 4.69) is 5.32 Å². The lowest BCUT2D eigenvalue weighted by molar-refractivity contribution is -0.137. The highest BCUT2D eigenvalue weighted by atomic mass is 19.4. The molecule has 0 aliphatic carbocycles. The van der Waals surface area contributed by atoms with Gasteiger partial charge in [0, 0.05) is 6.42 Å². The number of phenols is 1. The van der Waals surface area contributed by atoms with Crippen molar-refractivity contribution in [2.24, 2.45) is 0 Å². The van der Waals surface area contributed by atoms with Crippen molar-refractivity contribution in [3.63, 3.8) is 0 Å². The smallest absolute Gasteiger partial charge is 0.416 e. The lowest BCUT2D eigenvalue weighted by Crippen LogP contribution is -2.11. The van der Waals surface area contributed by atoms with E-state index in [0.29, 0.717) is 12.5 Å². The number of alkyl halides is 3. The molecule has 2 N–H and O–H groups in total. The van der Waals surface area contributed by atoms with Gasteiger partial charge in [-0.05, 0) is 24.6 Å². The Morgan fingerprint density at radius 3 is 2.53 bits per heavy atom. The van der Waals surface area contributed by atoms with Crippen LogP contribution in [0.4, 0.5) is 18.9 Å². The van der Waals surface area contributed by atoms with Crippen LogP contribution in [0, 0.1) is 0 Å². The Morgan fingerprint density at radius 1 is 1.41 bits per heavy atom. The highest BCUT2D eigenvalue weighted by molar-refractivity contribution is 5.92. The zero-order valence-electron chi connectivity index (χ0n) is 9.14. The number of amides is 1. The molecule has 0 aliphatic heterocycles. The van der Waals surface area contributed by atoms with Gasteiger partial charge in [0.25, 0.3) is 0 Å². The minimum atomic E-state index is -4.51.